The van der Waals surface area contributed by atoms with Crippen molar-refractivity contribution in [1.29, 1.82) is 0 Å². The number of methoxy groups -OCH3 is 1. The van der Waals surface area contributed by atoms with Crippen LogP contribution in [0.5, 0.6) is 17.2 Å². The molecule has 3 aromatic carbocycles. The van der Waals surface area contributed by atoms with Gasteiger partial charge in [-0.2, -0.15) is 0 Å². The number of nitrogens with one attached hydrogen (secondary N) is 1. The van der Waals surface area contributed by atoms with Crippen LogP contribution in [0, 0.1) is 5.82 Å². The highest BCUT2D eigenvalue weighted by molar-refractivity contribution is 7.92. The third-order valence-corrected chi connectivity index (χ3v) is 8.38. The Bertz CT molecular complexity index is 1510. The summed E-state index contributed by atoms with van der Waals surface area (Å²) in [6.45, 7) is 5.15. The SMILES string of the molecule is COc1ccc(CN(C(=O)CN(c2ccc(F)cc2)S(=O)(=O)c2ccc3c(c2)OCCO3)[C@@H](C)C(=O)NC(C)C)cc1. The van der Waals surface area contributed by atoms with Gasteiger partial charge in [-0.25, -0.2) is 12.8 Å². The van der Waals surface area contributed by atoms with Gasteiger partial charge in [0.1, 0.15) is 37.4 Å². The van der Waals surface area contributed by atoms with Crippen LogP contribution in [0.4, 0.5) is 10.1 Å². The average Bonchev–Trinajstić information content (AvgIpc) is 2.98. The van der Waals surface area contributed by atoms with Gasteiger partial charge in [-0.1, -0.05) is 12.1 Å². The highest BCUT2D eigenvalue weighted by Gasteiger charge is 2.33. The molecule has 2 amide bonds. The molecule has 224 valence electrons. The summed E-state index contributed by atoms with van der Waals surface area (Å²) in [5.41, 5.74) is 0.777. The maximum absolute atomic E-state index is 14.0. The maximum atomic E-state index is 14.0. The van der Waals surface area contributed by atoms with Crippen molar-refractivity contribution >= 4 is 27.5 Å². The van der Waals surface area contributed by atoms with E-state index >= 15 is 0 Å². The van der Waals surface area contributed by atoms with E-state index in [1.54, 1.807) is 45.0 Å². The van der Waals surface area contributed by atoms with E-state index in [4.69, 9.17) is 14.2 Å². The monoisotopic (exact) mass is 599 g/mol. The molecule has 0 saturated carbocycles. The molecule has 12 heteroatoms. The minimum absolute atomic E-state index is 0.0246. The van der Waals surface area contributed by atoms with Gasteiger partial charge in [0.15, 0.2) is 11.5 Å². The van der Waals surface area contributed by atoms with Crippen LogP contribution in [0.2, 0.25) is 0 Å². The molecule has 0 unspecified atom stereocenters. The number of halogens is 1. The number of ether oxygens (including phenoxy) is 3. The quantitative estimate of drug-likeness (QED) is 0.357. The molecule has 1 N–H and O–H groups in total. The molecule has 0 bridgehead atoms. The molecule has 0 spiro atoms. The fraction of sp³-hybridized carbons (Fsp3) is 0.333. The molecule has 0 aromatic heterocycles. The largest absolute Gasteiger partial charge is 0.497 e. The number of fused-ring (bicyclic) bond motifs is 1. The number of benzene rings is 3. The van der Waals surface area contributed by atoms with Crippen LogP contribution in [0.3, 0.4) is 0 Å². The lowest BCUT2D eigenvalue weighted by atomic mass is 10.1. The Morgan fingerprint density at radius 3 is 2.21 bits per heavy atom. The third-order valence-electron chi connectivity index (χ3n) is 6.61. The van der Waals surface area contributed by atoms with Gasteiger partial charge in [0.05, 0.1) is 17.7 Å². The number of sulfonamides is 1. The molecule has 0 aliphatic carbocycles. The summed E-state index contributed by atoms with van der Waals surface area (Å²) >= 11 is 0. The van der Waals surface area contributed by atoms with E-state index in [1.165, 1.54) is 42.3 Å². The molecular weight excluding hydrogens is 565 g/mol. The number of hydrogen-bond acceptors (Lipinski definition) is 7. The molecule has 1 aliphatic rings. The summed E-state index contributed by atoms with van der Waals surface area (Å²) in [5.74, 6) is -0.317. The van der Waals surface area contributed by atoms with Crippen LogP contribution in [0.15, 0.2) is 71.6 Å². The van der Waals surface area contributed by atoms with Gasteiger partial charge in [-0.05, 0) is 74.9 Å². The zero-order valence-corrected chi connectivity index (χ0v) is 24.7. The highest BCUT2D eigenvalue weighted by Crippen LogP contribution is 2.34. The Kier molecular flexibility index (Phi) is 9.56. The number of anilines is 1. The van der Waals surface area contributed by atoms with E-state index in [9.17, 15) is 22.4 Å². The summed E-state index contributed by atoms with van der Waals surface area (Å²) < 4.78 is 59.0. The van der Waals surface area contributed by atoms with Crippen LogP contribution in [-0.4, -0.2) is 64.1 Å². The highest BCUT2D eigenvalue weighted by atomic mass is 32.2. The lowest BCUT2D eigenvalue weighted by Gasteiger charge is -2.32. The minimum atomic E-state index is -4.37. The predicted octanol–water partition coefficient (Wildman–Crippen LogP) is 3.74. The van der Waals surface area contributed by atoms with E-state index in [1.807, 2.05) is 0 Å². The number of hydrogen-bond donors (Lipinski definition) is 1. The molecule has 0 radical (unpaired) electrons. The Balaban J connectivity index is 1.71. The van der Waals surface area contributed by atoms with Gasteiger partial charge >= 0.3 is 0 Å². The molecule has 42 heavy (non-hydrogen) atoms. The molecule has 0 saturated heterocycles. The second-order valence-electron chi connectivity index (χ2n) is 10.0. The summed E-state index contributed by atoms with van der Waals surface area (Å²) in [4.78, 5) is 28.1. The Hall–Kier alpha value is -4.32. The summed E-state index contributed by atoms with van der Waals surface area (Å²) in [7, 11) is -2.83. The Labute approximate surface area is 245 Å². The maximum Gasteiger partial charge on any atom is 0.264 e. The fourth-order valence-corrected chi connectivity index (χ4v) is 5.79. The minimum Gasteiger partial charge on any atom is -0.497 e. The van der Waals surface area contributed by atoms with Crippen LogP contribution in [0.25, 0.3) is 0 Å². The lowest BCUT2D eigenvalue weighted by Crippen LogP contribution is -2.52. The van der Waals surface area contributed by atoms with E-state index in [0.717, 1.165) is 16.4 Å². The van der Waals surface area contributed by atoms with E-state index in [-0.39, 0.29) is 35.5 Å². The average molecular weight is 600 g/mol. The van der Waals surface area contributed by atoms with Crippen molar-refractivity contribution in [3.05, 3.63) is 78.1 Å². The lowest BCUT2D eigenvalue weighted by molar-refractivity contribution is -0.139. The number of carbonyl (C=O) groups is 2. The molecule has 1 atom stereocenters. The van der Waals surface area contributed by atoms with Crippen LogP contribution < -0.4 is 23.8 Å². The standard InChI is InChI=1S/C30H34FN3O7S/c1-20(2)32-30(36)21(3)33(18-22-5-11-25(39-4)12-6-22)29(35)19-34(24-9-7-23(31)8-10-24)42(37,38)26-13-14-27-28(17-26)41-16-15-40-27/h5-14,17,20-21H,15-16,18-19H2,1-4H3,(H,32,36)/t21-/m0/s1. The second kappa shape index (κ2) is 13.1. The van der Waals surface area contributed by atoms with Gasteiger partial charge in [-0.3, -0.25) is 13.9 Å². The number of rotatable bonds is 11. The predicted molar refractivity (Wildman–Crippen MR) is 155 cm³/mol. The molecule has 4 rings (SSSR count). The Morgan fingerprint density at radius 1 is 0.952 bits per heavy atom. The van der Waals surface area contributed by atoms with Gasteiger partial charge in [0, 0.05) is 18.7 Å². The van der Waals surface area contributed by atoms with Crippen molar-refractivity contribution < 1.29 is 36.6 Å². The first-order chi connectivity index (χ1) is 20.0. The molecule has 3 aromatic rings. The zero-order chi connectivity index (χ0) is 30.4. The normalized spacial score (nSPS) is 13.3. The first-order valence-electron chi connectivity index (χ1n) is 13.4. The van der Waals surface area contributed by atoms with Gasteiger partial charge in [0.2, 0.25) is 11.8 Å². The Morgan fingerprint density at radius 2 is 1.60 bits per heavy atom. The van der Waals surface area contributed by atoms with Crippen molar-refractivity contribution in [3.8, 4) is 17.2 Å². The smallest absolute Gasteiger partial charge is 0.264 e. The van der Waals surface area contributed by atoms with Crippen molar-refractivity contribution in [1.82, 2.24) is 10.2 Å². The van der Waals surface area contributed by atoms with Crippen molar-refractivity contribution in [2.45, 2.75) is 44.3 Å². The van der Waals surface area contributed by atoms with Gasteiger partial charge in [-0.15, -0.1) is 0 Å². The van der Waals surface area contributed by atoms with Crippen molar-refractivity contribution in [3.63, 3.8) is 0 Å². The molecule has 1 aliphatic heterocycles. The third kappa shape index (κ3) is 7.11. The molecular formula is C30H34FN3O7S. The van der Waals surface area contributed by atoms with E-state index < -0.39 is 40.2 Å². The molecule has 0 fully saturated rings. The number of carbonyl (C=O) groups excluding carboxylic acids is 2. The first kappa shape index (κ1) is 30.6. The number of nitrogens with zero attached hydrogens (tertiary/aromatic N) is 2. The zero-order valence-electron chi connectivity index (χ0n) is 23.9. The fourth-order valence-electron chi connectivity index (χ4n) is 4.36. The molecule has 10 nitrogen and oxygen atoms in total. The molecule has 1 heterocycles. The van der Waals surface area contributed by atoms with Crippen molar-refractivity contribution in [2.75, 3.05) is 31.2 Å². The summed E-state index contributed by atoms with van der Waals surface area (Å²) in [5, 5.41) is 2.81. The van der Waals surface area contributed by atoms with Crippen molar-refractivity contribution in [2.24, 2.45) is 0 Å². The summed E-state index contributed by atoms with van der Waals surface area (Å²) in [6.07, 6.45) is 0. The van der Waals surface area contributed by atoms with E-state index in [0.29, 0.717) is 23.7 Å². The van der Waals surface area contributed by atoms with Crippen LogP contribution >= 0.6 is 0 Å². The van der Waals surface area contributed by atoms with Gasteiger partial charge < -0.3 is 24.4 Å². The topological polar surface area (TPSA) is 114 Å². The van der Waals surface area contributed by atoms with Gasteiger partial charge in [0.25, 0.3) is 10.0 Å². The second-order valence-corrected chi connectivity index (χ2v) is 11.9. The van der Waals surface area contributed by atoms with Crippen LogP contribution in [0.1, 0.15) is 26.3 Å². The number of amides is 2. The van der Waals surface area contributed by atoms with Crippen LogP contribution in [-0.2, 0) is 26.2 Å². The summed E-state index contributed by atoms with van der Waals surface area (Å²) in [6, 6.07) is 14.8. The van der Waals surface area contributed by atoms with E-state index in [2.05, 4.69) is 5.32 Å². The first-order valence-corrected chi connectivity index (χ1v) is 14.8.